The molecule has 0 spiro atoms. The maximum Gasteiger partial charge on any atom is 0.0780 e. The molecule has 0 aliphatic heterocycles. The fourth-order valence-corrected chi connectivity index (χ4v) is 9.34. The van der Waals surface area contributed by atoms with E-state index in [1.807, 2.05) is 133 Å². The fourth-order valence-electron chi connectivity index (χ4n) is 9.34. The molecule has 0 bridgehead atoms. The van der Waals surface area contributed by atoms with Gasteiger partial charge < -0.3 is 19.1 Å². The molecule has 80 heavy (non-hydrogen) atoms. The van der Waals surface area contributed by atoms with Crippen LogP contribution in [-0.4, -0.2) is 29.1 Å². The molecule has 0 saturated carbocycles. The SMILES string of the molecule is CC(C)c1ccccc1-n1c(-c2[c-]cccc2)nc2cc(-c3ccccc3)ccc21.CC(C)c1ccccc1-n1c(-c2[c-]cccc2)nc2ccccc21.[Ir].[Ir].[c-]1ccccc1-c1ccccn1.[c-]1ccccc1-c1ccccn1. The van der Waals surface area contributed by atoms with Gasteiger partial charge in [-0.1, -0.05) is 137 Å². The van der Waals surface area contributed by atoms with Crippen molar-refractivity contribution in [2.45, 2.75) is 39.5 Å². The van der Waals surface area contributed by atoms with E-state index in [1.165, 1.54) is 33.6 Å². The van der Waals surface area contributed by atoms with E-state index < -0.39 is 0 Å². The molecule has 6 nitrogen and oxygen atoms in total. The quantitative estimate of drug-likeness (QED) is 0.135. The standard InChI is InChI=1S/C28H23N2.C22H19N2.2C11H8N.2Ir/c1-20(2)24-15-9-10-16-26(24)30-27-18-17-23(21-11-5-3-6-12-21)19-25(27)29-28(30)22-13-7-4-8-14-22;1-16(2)18-12-6-8-14-20(18)24-21-15-9-7-13-19(21)23-22(24)17-10-4-3-5-11-17;2*1-2-6-10(7-3-1)11-8-4-5-9-12-11;;/h3-13,15-20H,1-2H3;3-10,12-16H,1-2H3;2*1-6,8-9H;;/q4*-1;;. The Morgan fingerprint density at radius 2 is 0.738 bits per heavy atom. The molecule has 2 radical (unpaired) electrons. The summed E-state index contributed by atoms with van der Waals surface area (Å²) >= 11 is 0. The van der Waals surface area contributed by atoms with Gasteiger partial charge in [-0.25, -0.2) is 0 Å². The molecule has 0 fully saturated rings. The minimum absolute atomic E-state index is 0. The van der Waals surface area contributed by atoms with Gasteiger partial charge in [0.05, 0.1) is 33.7 Å². The first-order valence-corrected chi connectivity index (χ1v) is 26.4. The van der Waals surface area contributed by atoms with Gasteiger partial charge in [-0.2, -0.15) is 0 Å². The van der Waals surface area contributed by atoms with Crippen molar-refractivity contribution in [3.63, 3.8) is 0 Å². The van der Waals surface area contributed by atoms with Crippen LogP contribution >= 0.6 is 0 Å². The van der Waals surface area contributed by atoms with Crippen molar-refractivity contribution in [3.8, 4) is 67.8 Å². The van der Waals surface area contributed by atoms with E-state index in [4.69, 9.17) is 9.97 Å². The Morgan fingerprint density at radius 1 is 0.338 bits per heavy atom. The number of para-hydroxylation sites is 4. The van der Waals surface area contributed by atoms with Crippen LogP contribution in [0.1, 0.15) is 50.7 Å². The normalized spacial score (nSPS) is 10.5. The fraction of sp³-hybridized carbons (Fsp3) is 0.0833. The topological polar surface area (TPSA) is 61.4 Å². The summed E-state index contributed by atoms with van der Waals surface area (Å²) in [7, 11) is 0. The predicted octanol–water partition coefficient (Wildman–Crippen LogP) is 18.0. The van der Waals surface area contributed by atoms with Crippen LogP contribution in [0.5, 0.6) is 0 Å². The van der Waals surface area contributed by atoms with E-state index in [0.29, 0.717) is 11.8 Å². The third kappa shape index (κ3) is 13.8. The summed E-state index contributed by atoms with van der Waals surface area (Å²) < 4.78 is 4.54. The van der Waals surface area contributed by atoms with E-state index in [1.54, 1.807) is 12.4 Å². The number of aromatic nitrogens is 6. The summed E-state index contributed by atoms with van der Waals surface area (Å²) in [4.78, 5) is 18.4. The van der Waals surface area contributed by atoms with Gasteiger partial charge in [-0.3, -0.25) is 9.97 Å². The molecule has 8 heteroatoms. The molecular weight excluding hydrogens is 1330 g/mol. The van der Waals surface area contributed by atoms with Gasteiger partial charge in [0.2, 0.25) is 0 Å². The molecule has 4 heterocycles. The maximum atomic E-state index is 5.08. The van der Waals surface area contributed by atoms with Gasteiger partial charge in [0, 0.05) is 64.0 Å². The molecule has 0 aliphatic carbocycles. The van der Waals surface area contributed by atoms with Crippen LogP contribution < -0.4 is 0 Å². The van der Waals surface area contributed by atoms with Crippen molar-refractivity contribution >= 4 is 22.1 Å². The average molecular weight is 1390 g/mol. The zero-order chi connectivity index (χ0) is 53.5. The molecule has 0 atom stereocenters. The van der Waals surface area contributed by atoms with Gasteiger partial charge in [-0.05, 0) is 94.0 Å². The Bertz CT molecular complexity index is 3800. The van der Waals surface area contributed by atoms with Crippen molar-refractivity contribution in [3.05, 3.63) is 303 Å². The maximum absolute atomic E-state index is 5.08. The molecule has 13 aromatic rings. The molecule has 0 aliphatic rings. The van der Waals surface area contributed by atoms with Crippen LogP contribution in [0.25, 0.3) is 89.9 Å². The third-order valence-electron chi connectivity index (χ3n) is 13.1. The van der Waals surface area contributed by atoms with Crippen molar-refractivity contribution in [1.29, 1.82) is 0 Å². The molecular formula is C72H58Ir2N6-4. The zero-order valence-electron chi connectivity index (χ0n) is 44.9. The number of pyridine rings is 2. The molecule has 398 valence electrons. The number of hydrogen-bond donors (Lipinski definition) is 0. The minimum atomic E-state index is 0. The molecule has 0 amide bonds. The monoisotopic (exact) mass is 1390 g/mol. The van der Waals surface area contributed by atoms with Crippen LogP contribution in [0.2, 0.25) is 0 Å². The Kier molecular flexibility index (Phi) is 20.5. The van der Waals surface area contributed by atoms with Crippen molar-refractivity contribution < 1.29 is 40.2 Å². The molecule has 0 N–H and O–H groups in total. The number of hydrogen-bond acceptors (Lipinski definition) is 4. The van der Waals surface area contributed by atoms with Crippen LogP contribution in [-0.2, 0) is 40.2 Å². The Labute approximate surface area is 497 Å². The minimum Gasteiger partial charge on any atom is -0.333 e. The van der Waals surface area contributed by atoms with E-state index in [-0.39, 0.29) is 40.2 Å². The Balaban J connectivity index is 0.000000149. The second kappa shape index (κ2) is 28.4. The second-order valence-corrected chi connectivity index (χ2v) is 19.1. The van der Waals surface area contributed by atoms with Gasteiger partial charge in [-0.15, -0.1) is 144 Å². The second-order valence-electron chi connectivity index (χ2n) is 19.1. The Morgan fingerprint density at radius 3 is 1.19 bits per heavy atom. The van der Waals surface area contributed by atoms with Crippen LogP contribution in [0, 0.1) is 24.3 Å². The largest absolute Gasteiger partial charge is 0.333 e. The van der Waals surface area contributed by atoms with Crippen LogP contribution in [0.15, 0.2) is 267 Å². The van der Waals surface area contributed by atoms with Crippen molar-refractivity contribution in [2.24, 2.45) is 0 Å². The number of nitrogens with zero attached hydrogens (tertiary/aromatic N) is 6. The van der Waals surface area contributed by atoms with Crippen LogP contribution in [0.3, 0.4) is 0 Å². The number of rotatable bonds is 9. The first-order valence-electron chi connectivity index (χ1n) is 26.4. The van der Waals surface area contributed by atoms with Gasteiger partial charge in [0.1, 0.15) is 0 Å². The van der Waals surface area contributed by atoms with E-state index in [9.17, 15) is 0 Å². The average Bonchev–Trinajstić information content (AvgIpc) is 4.12. The number of benzene rings is 9. The van der Waals surface area contributed by atoms with Crippen molar-refractivity contribution in [2.75, 3.05) is 0 Å². The van der Waals surface area contributed by atoms with E-state index >= 15 is 0 Å². The molecule has 0 saturated heterocycles. The summed E-state index contributed by atoms with van der Waals surface area (Å²) in [6, 6.07) is 98.9. The van der Waals surface area contributed by atoms with Gasteiger partial charge >= 0.3 is 0 Å². The van der Waals surface area contributed by atoms with Gasteiger partial charge in [0.25, 0.3) is 0 Å². The van der Waals surface area contributed by atoms with E-state index in [0.717, 1.165) is 67.4 Å². The zero-order valence-corrected chi connectivity index (χ0v) is 49.7. The summed E-state index contributed by atoms with van der Waals surface area (Å²) in [5, 5.41) is 0. The molecule has 13 rings (SSSR count). The summed E-state index contributed by atoms with van der Waals surface area (Å²) in [5.41, 5.74) is 17.6. The summed E-state index contributed by atoms with van der Waals surface area (Å²) in [5.74, 6) is 2.71. The molecule has 4 aromatic heterocycles. The smallest absolute Gasteiger partial charge is 0.0780 e. The molecule has 0 unspecified atom stereocenters. The third-order valence-corrected chi connectivity index (χ3v) is 13.1. The summed E-state index contributed by atoms with van der Waals surface area (Å²) in [6.07, 6.45) is 3.58. The first kappa shape index (κ1) is 57.7. The number of imidazole rings is 2. The van der Waals surface area contributed by atoms with Crippen LogP contribution in [0.4, 0.5) is 0 Å². The molecule has 9 aromatic carbocycles. The van der Waals surface area contributed by atoms with Crippen molar-refractivity contribution in [1.82, 2.24) is 29.1 Å². The predicted molar refractivity (Wildman–Crippen MR) is 321 cm³/mol. The number of fused-ring (bicyclic) bond motifs is 2. The van der Waals surface area contributed by atoms with Gasteiger partial charge in [0.15, 0.2) is 0 Å². The first-order chi connectivity index (χ1) is 38.4. The summed E-state index contributed by atoms with van der Waals surface area (Å²) in [6.45, 7) is 8.93. The van der Waals surface area contributed by atoms with E-state index in [2.05, 4.69) is 192 Å². The Hall–Kier alpha value is -8.48.